The zero-order valence-electron chi connectivity index (χ0n) is 11.5. The van der Waals surface area contributed by atoms with Crippen molar-refractivity contribution in [2.45, 2.75) is 13.5 Å². The number of rotatable bonds is 4. The number of hydrogen-bond acceptors (Lipinski definition) is 3. The molecule has 0 saturated carbocycles. The van der Waals surface area contributed by atoms with Gasteiger partial charge in [-0.25, -0.2) is 9.59 Å². The highest BCUT2D eigenvalue weighted by Crippen LogP contribution is 2.20. The van der Waals surface area contributed by atoms with Gasteiger partial charge in [0.25, 0.3) is 0 Å². The second kappa shape index (κ2) is 6.51. The molecule has 1 aromatic carbocycles. The van der Waals surface area contributed by atoms with Crippen LogP contribution in [0.3, 0.4) is 0 Å². The molecule has 1 aromatic heterocycles. The predicted octanol–water partition coefficient (Wildman–Crippen LogP) is 2.41. The topological polar surface area (TPSA) is 91.3 Å². The third kappa shape index (κ3) is 3.79. The Kier molecular flexibility index (Phi) is 4.50. The van der Waals surface area contributed by atoms with Crippen LogP contribution < -0.4 is 10.6 Å². The summed E-state index contributed by atoms with van der Waals surface area (Å²) in [4.78, 5) is 27.1. The monoisotopic (exact) mass is 285 g/mol. The van der Waals surface area contributed by atoms with Gasteiger partial charge in [0.15, 0.2) is 0 Å². The van der Waals surface area contributed by atoms with Gasteiger partial charge in [0.2, 0.25) is 0 Å². The van der Waals surface area contributed by atoms with Gasteiger partial charge in [-0.1, -0.05) is 18.2 Å². The Morgan fingerprint density at radius 2 is 2.00 bits per heavy atom. The van der Waals surface area contributed by atoms with Crippen LogP contribution in [0.2, 0.25) is 0 Å². The third-order valence-electron chi connectivity index (χ3n) is 2.90. The minimum atomic E-state index is -1.08. The Morgan fingerprint density at radius 3 is 2.67 bits per heavy atom. The summed E-state index contributed by atoms with van der Waals surface area (Å²) in [6, 6.07) is 9.75. The number of para-hydroxylation sites is 1. The number of nitrogens with zero attached hydrogens (tertiary/aromatic N) is 1. The summed E-state index contributed by atoms with van der Waals surface area (Å²) in [5.41, 5.74) is 1.75. The Labute approximate surface area is 121 Å². The molecule has 0 atom stereocenters. The lowest BCUT2D eigenvalue weighted by Gasteiger charge is -2.12. The van der Waals surface area contributed by atoms with Gasteiger partial charge in [-0.15, -0.1) is 0 Å². The zero-order chi connectivity index (χ0) is 15.2. The largest absolute Gasteiger partial charge is 0.478 e. The molecule has 0 saturated heterocycles. The van der Waals surface area contributed by atoms with Crippen LogP contribution in [0.1, 0.15) is 21.6 Å². The van der Waals surface area contributed by atoms with Crippen molar-refractivity contribution in [3.8, 4) is 0 Å². The molecular weight excluding hydrogens is 270 g/mol. The van der Waals surface area contributed by atoms with E-state index in [0.29, 0.717) is 11.3 Å². The minimum Gasteiger partial charge on any atom is -0.478 e. The molecule has 0 spiro atoms. The Morgan fingerprint density at radius 1 is 1.19 bits per heavy atom. The Bertz CT molecular complexity index is 656. The molecule has 6 nitrogen and oxygen atoms in total. The number of carboxylic acid groups (broad SMARTS) is 1. The molecule has 1 heterocycles. The van der Waals surface area contributed by atoms with Crippen molar-refractivity contribution in [3.63, 3.8) is 0 Å². The number of urea groups is 1. The van der Waals surface area contributed by atoms with E-state index in [9.17, 15) is 9.59 Å². The number of hydrogen-bond donors (Lipinski definition) is 3. The van der Waals surface area contributed by atoms with Crippen molar-refractivity contribution in [1.29, 1.82) is 0 Å². The van der Waals surface area contributed by atoms with Gasteiger partial charge in [0, 0.05) is 6.20 Å². The van der Waals surface area contributed by atoms with Gasteiger partial charge in [-0.2, -0.15) is 0 Å². The van der Waals surface area contributed by atoms with E-state index in [4.69, 9.17) is 5.11 Å². The quantitative estimate of drug-likeness (QED) is 0.804. The summed E-state index contributed by atoms with van der Waals surface area (Å²) < 4.78 is 0. The number of carboxylic acids is 1. The van der Waals surface area contributed by atoms with Crippen molar-refractivity contribution < 1.29 is 14.7 Å². The first kappa shape index (κ1) is 14.5. The van der Waals surface area contributed by atoms with Crippen LogP contribution in [0, 0.1) is 6.92 Å². The second-order valence-electron chi connectivity index (χ2n) is 4.43. The van der Waals surface area contributed by atoms with Crippen LogP contribution in [-0.2, 0) is 6.54 Å². The van der Waals surface area contributed by atoms with Crippen molar-refractivity contribution in [3.05, 3.63) is 59.4 Å². The average Bonchev–Trinajstić information content (AvgIpc) is 2.48. The number of aromatic nitrogens is 1. The first-order chi connectivity index (χ1) is 10.1. The summed E-state index contributed by atoms with van der Waals surface area (Å²) in [5, 5.41) is 14.3. The number of aryl methyl sites for hydroxylation is 1. The smallest absolute Gasteiger partial charge is 0.337 e. The number of anilines is 1. The maximum atomic E-state index is 11.9. The number of carbonyl (C=O) groups excluding carboxylic acids is 1. The van der Waals surface area contributed by atoms with E-state index in [0.717, 1.165) is 5.69 Å². The number of aromatic carboxylic acids is 1. The fraction of sp³-hybridized carbons (Fsp3) is 0.133. The van der Waals surface area contributed by atoms with Gasteiger partial charge < -0.3 is 15.7 Å². The normalized spacial score (nSPS) is 9.95. The lowest BCUT2D eigenvalue weighted by atomic mass is 10.1. The fourth-order valence-corrected chi connectivity index (χ4v) is 1.84. The molecule has 0 unspecified atom stereocenters. The first-order valence-corrected chi connectivity index (χ1v) is 6.35. The number of amides is 2. The van der Waals surface area contributed by atoms with Crippen LogP contribution in [0.15, 0.2) is 42.6 Å². The van der Waals surface area contributed by atoms with Gasteiger partial charge in [0.1, 0.15) is 0 Å². The molecule has 6 heteroatoms. The van der Waals surface area contributed by atoms with E-state index in [1.807, 2.05) is 6.07 Å². The molecule has 0 radical (unpaired) electrons. The highest BCUT2D eigenvalue weighted by molar-refractivity contribution is 6.00. The summed E-state index contributed by atoms with van der Waals surface area (Å²) in [6.45, 7) is 2.00. The molecule has 108 valence electrons. The van der Waals surface area contributed by atoms with Crippen LogP contribution in [0.4, 0.5) is 10.5 Å². The highest BCUT2D eigenvalue weighted by atomic mass is 16.4. The van der Waals surface area contributed by atoms with E-state index in [1.54, 1.807) is 37.4 Å². The van der Waals surface area contributed by atoms with E-state index in [2.05, 4.69) is 15.6 Å². The van der Waals surface area contributed by atoms with Crippen molar-refractivity contribution in [1.82, 2.24) is 10.3 Å². The molecule has 2 amide bonds. The third-order valence-corrected chi connectivity index (χ3v) is 2.90. The molecular formula is C15H15N3O3. The highest BCUT2D eigenvalue weighted by Gasteiger charge is 2.14. The minimum absolute atomic E-state index is 0.0583. The van der Waals surface area contributed by atoms with Crippen molar-refractivity contribution >= 4 is 17.7 Å². The van der Waals surface area contributed by atoms with Gasteiger partial charge in [-0.05, 0) is 30.7 Å². The Balaban J connectivity index is 2.05. The van der Waals surface area contributed by atoms with E-state index in [1.165, 1.54) is 6.07 Å². The zero-order valence-corrected chi connectivity index (χ0v) is 11.5. The van der Waals surface area contributed by atoms with Crippen LogP contribution in [0.25, 0.3) is 0 Å². The Hall–Kier alpha value is -2.89. The standard InChI is InChI=1S/C15H15N3O3/c1-10-5-4-7-12(14(19)20)13(10)18-15(21)17-9-11-6-2-3-8-16-11/h2-8H,9H2,1H3,(H,19,20)(H2,17,18,21). The lowest BCUT2D eigenvalue weighted by Crippen LogP contribution is -2.29. The van der Waals surface area contributed by atoms with Crippen LogP contribution >= 0.6 is 0 Å². The fourth-order valence-electron chi connectivity index (χ4n) is 1.84. The first-order valence-electron chi connectivity index (χ1n) is 6.35. The second-order valence-corrected chi connectivity index (χ2v) is 4.43. The summed E-state index contributed by atoms with van der Waals surface area (Å²) >= 11 is 0. The molecule has 0 bridgehead atoms. The van der Waals surface area contributed by atoms with Gasteiger partial charge in [0.05, 0.1) is 23.5 Å². The molecule has 0 aliphatic rings. The summed E-state index contributed by atoms with van der Waals surface area (Å²) in [5.74, 6) is -1.08. The number of nitrogens with one attached hydrogen (secondary N) is 2. The summed E-state index contributed by atoms with van der Waals surface area (Å²) in [7, 11) is 0. The average molecular weight is 285 g/mol. The molecule has 0 aliphatic heterocycles. The molecule has 2 aromatic rings. The van der Waals surface area contributed by atoms with E-state index < -0.39 is 12.0 Å². The molecule has 21 heavy (non-hydrogen) atoms. The number of pyridine rings is 1. The van der Waals surface area contributed by atoms with Gasteiger partial charge in [-0.3, -0.25) is 4.98 Å². The SMILES string of the molecule is Cc1cccc(C(=O)O)c1NC(=O)NCc1ccccn1. The summed E-state index contributed by atoms with van der Waals surface area (Å²) in [6.07, 6.45) is 1.64. The maximum Gasteiger partial charge on any atom is 0.337 e. The molecule has 0 aliphatic carbocycles. The van der Waals surface area contributed by atoms with E-state index in [-0.39, 0.29) is 12.1 Å². The lowest BCUT2D eigenvalue weighted by molar-refractivity contribution is 0.0698. The molecule has 0 fully saturated rings. The van der Waals surface area contributed by atoms with Gasteiger partial charge >= 0.3 is 12.0 Å². The van der Waals surface area contributed by atoms with Crippen molar-refractivity contribution in [2.24, 2.45) is 0 Å². The number of carbonyl (C=O) groups is 2. The predicted molar refractivity (Wildman–Crippen MR) is 78.2 cm³/mol. The maximum absolute atomic E-state index is 11.9. The van der Waals surface area contributed by atoms with Crippen LogP contribution in [-0.4, -0.2) is 22.1 Å². The number of benzene rings is 1. The van der Waals surface area contributed by atoms with E-state index >= 15 is 0 Å². The molecule has 2 rings (SSSR count). The van der Waals surface area contributed by atoms with Crippen LogP contribution in [0.5, 0.6) is 0 Å². The van der Waals surface area contributed by atoms with Crippen molar-refractivity contribution in [2.75, 3.05) is 5.32 Å². The molecule has 3 N–H and O–H groups in total.